The van der Waals surface area contributed by atoms with Crippen molar-refractivity contribution < 1.29 is 13.2 Å². The van der Waals surface area contributed by atoms with E-state index in [9.17, 15) is 8.42 Å². The number of sulfonamides is 1. The van der Waals surface area contributed by atoms with Gasteiger partial charge in [0.1, 0.15) is 19.9 Å². The summed E-state index contributed by atoms with van der Waals surface area (Å²) in [6.45, 7) is 8.39. The Hall–Kier alpha value is -2.07. The van der Waals surface area contributed by atoms with Crippen molar-refractivity contribution >= 4 is 18.1 Å². The van der Waals surface area contributed by atoms with E-state index in [1.165, 1.54) is 4.31 Å². The molecule has 0 N–H and O–H groups in total. The van der Waals surface area contributed by atoms with Crippen LogP contribution in [0.1, 0.15) is 17.2 Å². The zero-order chi connectivity index (χ0) is 19.8. The molecule has 0 radical (unpaired) electrons. The van der Waals surface area contributed by atoms with Crippen LogP contribution in [0.25, 0.3) is 0 Å². The molecule has 1 saturated heterocycles. The summed E-state index contributed by atoms with van der Waals surface area (Å²) in [4.78, 5) is 0.297. The smallest absolute Gasteiger partial charge is 0.244 e. The lowest BCUT2D eigenvalue weighted by atomic mass is 10.1. The second kappa shape index (κ2) is 7.15. The van der Waals surface area contributed by atoms with Gasteiger partial charge in [-0.2, -0.15) is 4.31 Å². The predicted octanol–water partition coefficient (Wildman–Crippen LogP) is 4.00. The first-order chi connectivity index (χ1) is 12.6. The van der Waals surface area contributed by atoms with Gasteiger partial charge in [0.25, 0.3) is 0 Å². The molecule has 0 spiro atoms. The Labute approximate surface area is 163 Å². The molecule has 1 aliphatic heterocycles. The highest BCUT2D eigenvalue weighted by molar-refractivity contribution is 7.89. The molecule has 142 valence electrons. The minimum Gasteiger partial charge on any atom is -0.496 e. The highest BCUT2D eigenvalue weighted by Crippen LogP contribution is 2.49. The Kier molecular flexibility index (Phi) is 5.22. The van der Waals surface area contributed by atoms with Gasteiger partial charge in [-0.25, -0.2) is 8.42 Å². The molecule has 2 aromatic carbocycles. The summed E-state index contributed by atoms with van der Waals surface area (Å²) in [5, 5.41) is 0. The average molecular weight is 400 g/mol. The fourth-order valence-corrected chi connectivity index (χ4v) is 5.24. The molecule has 4 nitrogen and oxygen atoms in total. The van der Waals surface area contributed by atoms with Crippen LogP contribution >= 0.6 is 0 Å². The lowest BCUT2D eigenvalue weighted by Gasteiger charge is -2.09. The van der Waals surface area contributed by atoms with Crippen LogP contribution in [-0.2, 0) is 10.0 Å². The number of ether oxygens (including phenoxy) is 1. The molecule has 1 heterocycles. The quantitative estimate of drug-likeness (QED) is 0.443. The van der Waals surface area contributed by atoms with E-state index in [1.54, 1.807) is 19.2 Å². The number of methoxy groups -OCH3 is 1. The summed E-state index contributed by atoms with van der Waals surface area (Å²) in [5.74, 6) is 3.92. The van der Waals surface area contributed by atoms with Gasteiger partial charge >= 0.3 is 0 Å². The van der Waals surface area contributed by atoms with Gasteiger partial charge in [0, 0.05) is 5.56 Å². The summed E-state index contributed by atoms with van der Waals surface area (Å²) >= 11 is 0. The first kappa shape index (κ1) is 19.7. The van der Waals surface area contributed by atoms with E-state index in [2.05, 4.69) is 31.1 Å². The Morgan fingerprint density at radius 1 is 1.04 bits per heavy atom. The first-order valence-electron chi connectivity index (χ1n) is 8.91. The molecule has 0 aromatic heterocycles. The molecule has 3 atom stereocenters. The Morgan fingerprint density at radius 3 is 2.26 bits per heavy atom. The zero-order valence-electron chi connectivity index (χ0n) is 16.4. The molecule has 2 aromatic rings. The van der Waals surface area contributed by atoms with Crippen molar-refractivity contribution in [3.05, 3.63) is 59.7 Å². The highest BCUT2D eigenvalue weighted by Gasteiger charge is 2.56. The Balaban J connectivity index is 2.05. The van der Waals surface area contributed by atoms with Crippen molar-refractivity contribution in [2.45, 2.75) is 43.5 Å². The molecular weight excluding hydrogens is 374 g/mol. The fraction of sp³-hybridized carbons (Fsp3) is 0.333. The summed E-state index contributed by atoms with van der Waals surface area (Å²) in [6.07, 6.45) is 0. The highest BCUT2D eigenvalue weighted by atomic mass is 32.2. The largest absolute Gasteiger partial charge is 0.496 e. The van der Waals surface area contributed by atoms with Gasteiger partial charge in [-0.05, 0) is 25.1 Å². The summed E-state index contributed by atoms with van der Waals surface area (Å²) in [5.41, 5.74) is 5.20. The Morgan fingerprint density at radius 2 is 1.67 bits per heavy atom. The van der Waals surface area contributed by atoms with Gasteiger partial charge in [0.2, 0.25) is 10.0 Å². The van der Waals surface area contributed by atoms with Crippen LogP contribution in [0, 0.1) is 18.4 Å². The van der Waals surface area contributed by atoms with Crippen molar-refractivity contribution in [3.8, 4) is 17.2 Å². The lowest BCUT2D eigenvalue weighted by Crippen LogP contribution is -2.18. The fourth-order valence-electron chi connectivity index (χ4n) is 2.99. The topological polar surface area (TPSA) is 46.4 Å². The predicted molar refractivity (Wildman–Crippen MR) is 111 cm³/mol. The molecule has 0 bridgehead atoms. The van der Waals surface area contributed by atoms with E-state index in [0.717, 1.165) is 11.1 Å². The maximum atomic E-state index is 13.3. The number of hydrogen-bond donors (Lipinski definition) is 0. The van der Waals surface area contributed by atoms with Gasteiger partial charge in [0.05, 0.1) is 18.0 Å². The maximum absolute atomic E-state index is 13.3. The van der Waals surface area contributed by atoms with Crippen molar-refractivity contribution in [2.75, 3.05) is 7.11 Å². The van der Waals surface area contributed by atoms with Crippen LogP contribution in [0.3, 0.4) is 0 Å². The van der Waals surface area contributed by atoms with Crippen LogP contribution in [-0.4, -0.2) is 33.9 Å². The number of hydrogen-bond acceptors (Lipinski definition) is 3. The second-order valence-corrected chi connectivity index (χ2v) is 14.4. The maximum Gasteiger partial charge on any atom is 0.244 e. The molecule has 0 saturated carbocycles. The van der Waals surface area contributed by atoms with Crippen molar-refractivity contribution in [1.82, 2.24) is 4.31 Å². The molecule has 1 fully saturated rings. The van der Waals surface area contributed by atoms with E-state index < -0.39 is 18.1 Å². The molecule has 1 unspecified atom stereocenters. The van der Waals surface area contributed by atoms with Gasteiger partial charge in [0.15, 0.2) is 0 Å². The number of rotatable bonds is 4. The van der Waals surface area contributed by atoms with E-state index >= 15 is 0 Å². The van der Waals surface area contributed by atoms with Crippen molar-refractivity contribution in [1.29, 1.82) is 0 Å². The van der Waals surface area contributed by atoms with Gasteiger partial charge in [-0.15, -0.1) is 5.54 Å². The second-order valence-electron chi connectivity index (χ2n) is 7.80. The van der Waals surface area contributed by atoms with Crippen LogP contribution in [0.4, 0.5) is 0 Å². The monoisotopic (exact) mass is 399 g/mol. The third-order valence-electron chi connectivity index (χ3n) is 4.41. The number of benzene rings is 2. The average Bonchev–Trinajstić information content (AvgIpc) is 3.35. The van der Waals surface area contributed by atoms with Gasteiger partial charge in [-0.1, -0.05) is 61.5 Å². The molecule has 0 aliphatic carbocycles. The Bertz CT molecular complexity index is 998. The third kappa shape index (κ3) is 4.11. The molecule has 1 aliphatic rings. The van der Waals surface area contributed by atoms with E-state index in [1.807, 2.05) is 43.3 Å². The molecule has 6 heteroatoms. The van der Waals surface area contributed by atoms with E-state index in [0.29, 0.717) is 10.6 Å². The van der Waals surface area contributed by atoms with Gasteiger partial charge in [-0.3, -0.25) is 0 Å². The first-order valence-corrected chi connectivity index (χ1v) is 13.8. The molecule has 27 heavy (non-hydrogen) atoms. The summed E-state index contributed by atoms with van der Waals surface area (Å²) in [7, 11) is -3.65. The molecule has 0 amide bonds. The minimum absolute atomic E-state index is 0.297. The molecule has 3 rings (SSSR count). The third-order valence-corrected chi connectivity index (χ3v) is 7.18. The van der Waals surface area contributed by atoms with Crippen molar-refractivity contribution in [2.24, 2.45) is 0 Å². The normalized spacial score (nSPS) is 21.9. The molecular formula is C21H25NO3SSi. The number of nitrogens with zero attached hydrogens (tertiary/aromatic N) is 1. The van der Waals surface area contributed by atoms with Crippen LogP contribution in [0.5, 0.6) is 5.75 Å². The summed E-state index contributed by atoms with van der Waals surface area (Å²) < 4.78 is 33.5. The van der Waals surface area contributed by atoms with Crippen molar-refractivity contribution in [3.63, 3.8) is 0 Å². The standard InChI is InChI=1S/C21H25NO3SSi/c1-16-10-12-17(13-11-16)26(23,24)22-19(14-15-27(3,4)5)21(22)18-8-6-7-9-20(18)25-2/h6-13,19,21H,1-5H3/t19-,21+,22?/m0/s1. The van der Waals surface area contributed by atoms with Crippen LogP contribution < -0.4 is 4.74 Å². The van der Waals surface area contributed by atoms with Crippen LogP contribution in [0.15, 0.2) is 53.4 Å². The van der Waals surface area contributed by atoms with E-state index in [-0.39, 0.29) is 12.1 Å². The number of aryl methyl sites for hydroxylation is 1. The minimum atomic E-state index is -3.63. The lowest BCUT2D eigenvalue weighted by molar-refractivity contribution is 0.408. The zero-order valence-corrected chi connectivity index (χ0v) is 18.2. The SMILES string of the molecule is COc1ccccc1[C@@H]1[C@H](C#C[Si](C)(C)C)N1S(=O)(=O)c1ccc(C)cc1. The van der Waals surface area contributed by atoms with E-state index in [4.69, 9.17) is 4.74 Å². The van der Waals surface area contributed by atoms with Gasteiger partial charge < -0.3 is 4.74 Å². The summed E-state index contributed by atoms with van der Waals surface area (Å²) in [6, 6.07) is 13.8. The number of para-hydroxylation sites is 1. The van der Waals surface area contributed by atoms with Crippen LogP contribution in [0.2, 0.25) is 19.6 Å².